The van der Waals surface area contributed by atoms with E-state index >= 15 is 0 Å². The zero-order valence-corrected chi connectivity index (χ0v) is 17.7. The van der Waals surface area contributed by atoms with E-state index in [0.717, 1.165) is 17.8 Å². The third kappa shape index (κ3) is 4.10. The SMILES string of the molecule is CC(C)C1COC(=O)N1C1CCN(C(=O)CSc2nc3c(F)cc(F)cc3[nH]2)CC1. The lowest BCUT2D eigenvalue weighted by atomic mass is 9.98. The Morgan fingerprint density at radius 1 is 1.33 bits per heavy atom. The van der Waals surface area contributed by atoms with Gasteiger partial charge in [0.25, 0.3) is 0 Å². The average Bonchev–Trinajstić information content (AvgIpc) is 3.29. The first-order valence-electron chi connectivity index (χ1n) is 10.0. The van der Waals surface area contributed by atoms with Crippen LogP contribution in [-0.2, 0) is 9.53 Å². The van der Waals surface area contributed by atoms with Crippen molar-refractivity contribution in [2.45, 2.75) is 43.9 Å². The maximum absolute atomic E-state index is 13.8. The van der Waals surface area contributed by atoms with E-state index in [-0.39, 0.29) is 40.9 Å². The number of imidazole rings is 1. The van der Waals surface area contributed by atoms with Crippen molar-refractivity contribution < 1.29 is 23.1 Å². The highest BCUT2D eigenvalue weighted by Gasteiger charge is 2.41. The molecule has 10 heteroatoms. The number of fused-ring (bicyclic) bond motifs is 1. The standard InChI is InChI=1S/C20H24F2N4O3S/c1-11(2)16-9-29-20(28)26(16)13-3-5-25(6-4-13)17(27)10-30-19-23-15-8-12(21)7-14(22)18(15)24-19/h7-8,11,13,16H,3-6,9-10H2,1-2H3,(H,23,24). The molecule has 0 radical (unpaired) electrons. The molecule has 1 N–H and O–H groups in total. The fraction of sp³-hybridized carbons (Fsp3) is 0.550. The number of H-pyrrole nitrogens is 1. The van der Waals surface area contributed by atoms with Gasteiger partial charge in [-0.3, -0.25) is 9.69 Å². The van der Waals surface area contributed by atoms with Crippen molar-refractivity contribution >= 4 is 34.8 Å². The topological polar surface area (TPSA) is 78.5 Å². The van der Waals surface area contributed by atoms with Crippen molar-refractivity contribution in [2.75, 3.05) is 25.4 Å². The average molecular weight is 439 g/mol. The molecule has 0 aliphatic carbocycles. The van der Waals surface area contributed by atoms with Crippen LogP contribution < -0.4 is 0 Å². The fourth-order valence-electron chi connectivity index (χ4n) is 4.08. The number of carbonyl (C=O) groups excluding carboxylic acids is 2. The number of thioether (sulfide) groups is 1. The minimum Gasteiger partial charge on any atom is -0.447 e. The number of ether oxygens (including phenoxy) is 1. The van der Waals surface area contributed by atoms with E-state index in [1.807, 2.05) is 4.90 Å². The summed E-state index contributed by atoms with van der Waals surface area (Å²) in [6, 6.07) is 2.12. The van der Waals surface area contributed by atoms with Crippen LogP contribution in [0.4, 0.5) is 13.6 Å². The van der Waals surface area contributed by atoms with Crippen LogP contribution in [0.1, 0.15) is 26.7 Å². The first-order chi connectivity index (χ1) is 14.3. The summed E-state index contributed by atoms with van der Waals surface area (Å²) in [6.07, 6.45) is 1.16. The van der Waals surface area contributed by atoms with Gasteiger partial charge in [-0.15, -0.1) is 0 Å². The second kappa shape index (κ2) is 8.41. The lowest BCUT2D eigenvalue weighted by Crippen LogP contribution is -2.51. The fourth-order valence-corrected chi connectivity index (χ4v) is 4.86. The van der Waals surface area contributed by atoms with E-state index in [4.69, 9.17) is 4.74 Å². The molecule has 4 rings (SSSR count). The third-order valence-corrected chi connectivity index (χ3v) is 6.60. The predicted octanol–water partition coefficient (Wildman–Crippen LogP) is 3.40. The molecule has 0 spiro atoms. The number of cyclic esters (lactones) is 1. The molecule has 0 saturated carbocycles. The highest BCUT2D eigenvalue weighted by atomic mass is 32.2. The maximum Gasteiger partial charge on any atom is 0.410 e. The molecule has 2 amide bonds. The van der Waals surface area contributed by atoms with Crippen LogP contribution in [0, 0.1) is 17.6 Å². The molecule has 7 nitrogen and oxygen atoms in total. The van der Waals surface area contributed by atoms with Gasteiger partial charge in [-0.1, -0.05) is 25.6 Å². The number of piperidine rings is 1. The van der Waals surface area contributed by atoms with Crippen molar-refractivity contribution in [2.24, 2.45) is 5.92 Å². The van der Waals surface area contributed by atoms with Gasteiger partial charge in [-0.25, -0.2) is 18.6 Å². The number of hydrogen-bond acceptors (Lipinski definition) is 5. The minimum atomic E-state index is -0.735. The van der Waals surface area contributed by atoms with Gasteiger partial charge >= 0.3 is 6.09 Å². The number of nitrogens with zero attached hydrogens (tertiary/aromatic N) is 3. The minimum absolute atomic E-state index is 0.0463. The summed E-state index contributed by atoms with van der Waals surface area (Å²) in [5.74, 6) is -0.999. The number of rotatable bonds is 5. The number of aromatic amines is 1. The zero-order valence-electron chi connectivity index (χ0n) is 16.9. The second-order valence-electron chi connectivity index (χ2n) is 8.02. The number of benzene rings is 1. The van der Waals surface area contributed by atoms with Gasteiger partial charge in [0.1, 0.15) is 17.9 Å². The number of likely N-dealkylation sites (tertiary alicyclic amines) is 1. The summed E-state index contributed by atoms with van der Waals surface area (Å²) in [6.45, 7) is 5.72. The summed E-state index contributed by atoms with van der Waals surface area (Å²) in [5.41, 5.74) is 0.324. The molecule has 1 atom stereocenters. The Morgan fingerprint density at radius 2 is 2.07 bits per heavy atom. The molecule has 2 aliphatic heterocycles. The van der Waals surface area contributed by atoms with Crippen molar-refractivity contribution in [1.29, 1.82) is 0 Å². The van der Waals surface area contributed by atoms with Gasteiger partial charge in [-0.2, -0.15) is 0 Å². The van der Waals surface area contributed by atoms with Crippen LogP contribution in [0.2, 0.25) is 0 Å². The lowest BCUT2D eigenvalue weighted by molar-refractivity contribution is -0.129. The van der Waals surface area contributed by atoms with E-state index < -0.39 is 11.6 Å². The molecule has 1 aromatic carbocycles. The Bertz CT molecular complexity index is 959. The number of halogens is 2. The summed E-state index contributed by atoms with van der Waals surface area (Å²) < 4.78 is 32.3. The number of carbonyl (C=O) groups is 2. The number of nitrogens with one attached hydrogen (secondary N) is 1. The van der Waals surface area contributed by atoms with Crippen molar-refractivity contribution in [3.63, 3.8) is 0 Å². The van der Waals surface area contributed by atoms with Gasteiger partial charge in [0.05, 0.1) is 17.3 Å². The van der Waals surface area contributed by atoms with E-state index in [0.29, 0.717) is 43.6 Å². The van der Waals surface area contributed by atoms with E-state index in [1.165, 1.54) is 6.07 Å². The highest BCUT2D eigenvalue weighted by Crippen LogP contribution is 2.28. The van der Waals surface area contributed by atoms with E-state index in [9.17, 15) is 18.4 Å². The Labute approximate surface area is 177 Å². The van der Waals surface area contributed by atoms with Gasteiger partial charge in [-0.05, 0) is 24.8 Å². The molecular formula is C20H24F2N4O3S. The summed E-state index contributed by atoms with van der Waals surface area (Å²) in [5, 5.41) is 0.373. The van der Waals surface area contributed by atoms with Crippen LogP contribution in [0.3, 0.4) is 0 Å². The Hall–Kier alpha value is -2.36. The highest BCUT2D eigenvalue weighted by molar-refractivity contribution is 7.99. The largest absolute Gasteiger partial charge is 0.447 e. The van der Waals surface area contributed by atoms with E-state index in [1.54, 1.807) is 4.90 Å². The van der Waals surface area contributed by atoms with Gasteiger partial charge in [0, 0.05) is 25.2 Å². The normalized spacial score (nSPS) is 20.4. The second-order valence-corrected chi connectivity index (χ2v) is 8.99. The summed E-state index contributed by atoms with van der Waals surface area (Å²) >= 11 is 1.16. The van der Waals surface area contributed by atoms with Crippen molar-refractivity contribution in [3.8, 4) is 0 Å². The van der Waals surface area contributed by atoms with Crippen LogP contribution in [0.15, 0.2) is 17.3 Å². The lowest BCUT2D eigenvalue weighted by Gasteiger charge is -2.38. The van der Waals surface area contributed by atoms with Crippen molar-refractivity contribution in [1.82, 2.24) is 19.8 Å². The molecule has 2 saturated heterocycles. The van der Waals surface area contributed by atoms with Crippen LogP contribution in [-0.4, -0.2) is 69.3 Å². The number of amides is 2. The maximum atomic E-state index is 13.8. The van der Waals surface area contributed by atoms with Crippen LogP contribution >= 0.6 is 11.8 Å². The van der Waals surface area contributed by atoms with E-state index in [2.05, 4.69) is 23.8 Å². The zero-order chi connectivity index (χ0) is 21.4. The van der Waals surface area contributed by atoms with Crippen molar-refractivity contribution in [3.05, 3.63) is 23.8 Å². The molecular weight excluding hydrogens is 414 g/mol. The first-order valence-corrected chi connectivity index (χ1v) is 11.0. The van der Waals surface area contributed by atoms with Gasteiger partial charge in [0.2, 0.25) is 5.91 Å². The molecule has 2 aromatic rings. The van der Waals surface area contributed by atoms with Gasteiger partial charge in [0.15, 0.2) is 11.0 Å². The Morgan fingerprint density at radius 3 is 2.77 bits per heavy atom. The first kappa shape index (κ1) is 20.9. The number of aromatic nitrogens is 2. The molecule has 0 bridgehead atoms. The number of hydrogen-bond donors (Lipinski definition) is 1. The quantitative estimate of drug-likeness (QED) is 0.724. The molecule has 1 unspecified atom stereocenters. The Balaban J connectivity index is 1.32. The molecule has 162 valence electrons. The summed E-state index contributed by atoms with van der Waals surface area (Å²) in [7, 11) is 0. The third-order valence-electron chi connectivity index (χ3n) is 5.74. The van der Waals surface area contributed by atoms with Gasteiger partial charge < -0.3 is 14.6 Å². The molecule has 2 aliphatic rings. The summed E-state index contributed by atoms with van der Waals surface area (Å²) in [4.78, 5) is 35.3. The monoisotopic (exact) mass is 438 g/mol. The molecule has 1 aromatic heterocycles. The molecule has 3 heterocycles. The smallest absolute Gasteiger partial charge is 0.410 e. The predicted molar refractivity (Wildman–Crippen MR) is 108 cm³/mol. The van der Waals surface area contributed by atoms with Crippen LogP contribution in [0.25, 0.3) is 11.0 Å². The van der Waals surface area contributed by atoms with Crippen LogP contribution in [0.5, 0.6) is 0 Å². The molecule has 30 heavy (non-hydrogen) atoms. The Kier molecular flexibility index (Phi) is 5.86. The molecule has 2 fully saturated rings.